The SMILES string of the molecule is CCNCc1cc(F)ccc1OC1CCS(=O)(=O)C1. The topological polar surface area (TPSA) is 55.4 Å². The van der Waals surface area contributed by atoms with Gasteiger partial charge in [-0.1, -0.05) is 6.92 Å². The summed E-state index contributed by atoms with van der Waals surface area (Å²) >= 11 is 0. The summed E-state index contributed by atoms with van der Waals surface area (Å²) in [5, 5.41) is 3.11. The number of hydrogen-bond acceptors (Lipinski definition) is 4. The summed E-state index contributed by atoms with van der Waals surface area (Å²) in [6.07, 6.45) is 0.177. The minimum Gasteiger partial charge on any atom is -0.489 e. The number of halogens is 1. The van der Waals surface area contributed by atoms with Crippen LogP contribution in [0.25, 0.3) is 0 Å². The minimum absolute atomic E-state index is 0.0466. The van der Waals surface area contributed by atoms with Crippen LogP contribution in [0.15, 0.2) is 18.2 Å². The maximum Gasteiger partial charge on any atom is 0.154 e. The van der Waals surface area contributed by atoms with E-state index in [9.17, 15) is 12.8 Å². The molecule has 1 saturated heterocycles. The highest BCUT2D eigenvalue weighted by molar-refractivity contribution is 7.91. The van der Waals surface area contributed by atoms with E-state index in [1.165, 1.54) is 12.1 Å². The smallest absolute Gasteiger partial charge is 0.154 e. The lowest BCUT2D eigenvalue weighted by atomic mass is 10.2. The van der Waals surface area contributed by atoms with E-state index in [-0.39, 0.29) is 23.4 Å². The van der Waals surface area contributed by atoms with Gasteiger partial charge in [0, 0.05) is 12.1 Å². The molecule has 1 aromatic rings. The summed E-state index contributed by atoms with van der Waals surface area (Å²) in [5.74, 6) is 0.454. The highest BCUT2D eigenvalue weighted by Gasteiger charge is 2.29. The van der Waals surface area contributed by atoms with E-state index in [1.807, 2.05) is 6.92 Å². The molecular weight excluding hydrogens is 269 g/mol. The fourth-order valence-electron chi connectivity index (χ4n) is 2.09. The van der Waals surface area contributed by atoms with Gasteiger partial charge < -0.3 is 10.1 Å². The van der Waals surface area contributed by atoms with Crippen LogP contribution in [-0.2, 0) is 16.4 Å². The molecule has 1 aliphatic heterocycles. The van der Waals surface area contributed by atoms with Crippen LogP contribution >= 0.6 is 0 Å². The lowest BCUT2D eigenvalue weighted by Crippen LogP contribution is -2.20. The molecule has 4 nitrogen and oxygen atoms in total. The van der Waals surface area contributed by atoms with Gasteiger partial charge in [-0.05, 0) is 31.2 Å². The van der Waals surface area contributed by atoms with Gasteiger partial charge in [0.15, 0.2) is 9.84 Å². The zero-order valence-electron chi connectivity index (χ0n) is 10.9. The Hall–Kier alpha value is -1.14. The van der Waals surface area contributed by atoms with Gasteiger partial charge in [-0.15, -0.1) is 0 Å². The third-order valence-electron chi connectivity index (χ3n) is 3.07. The van der Waals surface area contributed by atoms with Crippen LogP contribution in [0.1, 0.15) is 18.9 Å². The number of ether oxygens (including phenoxy) is 1. The van der Waals surface area contributed by atoms with Crippen molar-refractivity contribution in [2.45, 2.75) is 26.0 Å². The van der Waals surface area contributed by atoms with Gasteiger partial charge in [0.2, 0.25) is 0 Å². The van der Waals surface area contributed by atoms with E-state index >= 15 is 0 Å². The van der Waals surface area contributed by atoms with E-state index in [4.69, 9.17) is 4.74 Å². The zero-order valence-corrected chi connectivity index (χ0v) is 11.7. The molecule has 0 aliphatic carbocycles. The summed E-state index contributed by atoms with van der Waals surface area (Å²) < 4.78 is 41.7. The minimum atomic E-state index is -2.97. The molecule has 0 aromatic heterocycles. The molecule has 1 heterocycles. The third kappa shape index (κ3) is 3.91. The van der Waals surface area contributed by atoms with Gasteiger partial charge in [-0.2, -0.15) is 0 Å². The molecule has 1 unspecified atom stereocenters. The predicted octanol–water partition coefficient (Wildman–Crippen LogP) is 1.50. The first-order valence-electron chi connectivity index (χ1n) is 6.36. The Morgan fingerprint density at radius 2 is 2.26 bits per heavy atom. The van der Waals surface area contributed by atoms with Crippen molar-refractivity contribution in [2.75, 3.05) is 18.1 Å². The normalized spacial score (nSPS) is 21.5. The molecule has 6 heteroatoms. The molecule has 1 aliphatic rings. The average molecular weight is 287 g/mol. The molecule has 1 fully saturated rings. The predicted molar refractivity (Wildman–Crippen MR) is 71.5 cm³/mol. The highest BCUT2D eigenvalue weighted by atomic mass is 32.2. The van der Waals surface area contributed by atoms with Crippen LogP contribution in [-0.4, -0.2) is 32.6 Å². The van der Waals surface area contributed by atoms with Crippen LogP contribution in [0.3, 0.4) is 0 Å². The van der Waals surface area contributed by atoms with Crippen molar-refractivity contribution in [1.29, 1.82) is 0 Å². The van der Waals surface area contributed by atoms with Gasteiger partial charge in [-0.25, -0.2) is 12.8 Å². The quantitative estimate of drug-likeness (QED) is 0.891. The molecule has 106 valence electrons. The second-order valence-corrected chi connectivity index (χ2v) is 6.90. The average Bonchev–Trinajstić information content (AvgIpc) is 2.69. The molecular formula is C13H18FNO3S. The van der Waals surface area contributed by atoms with Gasteiger partial charge in [0.25, 0.3) is 0 Å². The second kappa shape index (κ2) is 5.88. The summed E-state index contributed by atoms with van der Waals surface area (Å²) in [6.45, 7) is 3.24. The summed E-state index contributed by atoms with van der Waals surface area (Å²) in [4.78, 5) is 0. The fourth-order valence-corrected chi connectivity index (χ4v) is 3.68. The molecule has 2 rings (SSSR count). The van der Waals surface area contributed by atoms with Crippen LogP contribution < -0.4 is 10.1 Å². The Morgan fingerprint density at radius 1 is 1.47 bits per heavy atom. The largest absolute Gasteiger partial charge is 0.489 e. The van der Waals surface area contributed by atoms with E-state index in [0.717, 1.165) is 6.54 Å². The standard InChI is InChI=1S/C13H18FNO3S/c1-2-15-8-10-7-11(14)3-4-13(10)18-12-5-6-19(16,17)9-12/h3-4,7,12,15H,2,5-6,8-9H2,1H3. The van der Waals surface area contributed by atoms with Gasteiger partial charge in [0.1, 0.15) is 17.7 Å². The molecule has 0 bridgehead atoms. The van der Waals surface area contributed by atoms with E-state index in [0.29, 0.717) is 24.3 Å². The van der Waals surface area contributed by atoms with Crippen molar-refractivity contribution in [3.8, 4) is 5.75 Å². The molecule has 0 spiro atoms. The van der Waals surface area contributed by atoms with Crippen molar-refractivity contribution in [3.63, 3.8) is 0 Å². The second-order valence-electron chi connectivity index (χ2n) is 4.68. The van der Waals surface area contributed by atoms with Gasteiger partial charge in [-0.3, -0.25) is 0 Å². The third-order valence-corrected chi connectivity index (χ3v) is 4.81. The van der Waals surface area contributed by atoms with Crippen molar-refractivity contribution in [3.05, 3.63) is 29.6 Å². The van der Waals surface area contributed by atoms with Crippen LogP contribution in [0.2, 0.25) is 0 Å². The number of rotatable bonds is 5. The Balaban J connectivity index is 2.11. The van der Waals surface area contributed by atoms with Crippen molar-refractivity contribution >= 4 is 9.84 Å². The Morgan fingerprint density at radius 3 is 2.89 bits per heavy atom. The maximum atomic E-state index is 13.2. The first-order valence-corrected chi connectivity index (χ1v) is 8.18. The molecule has 19 heavy (non-hydrogen) atoms. The molecule has 1 N–H and O–H groups in total. The first-order chi connectivity index (χ1) is 9.00. The van der Waals surface area contributed by atoms with Crippen LogP contribution in [0.5, 0.6) is 5.75 Å². The van der Waals surface area contributed by atoms with E-state index in [2.05, 4.69) is 5.32 Å². The Labute approximate surface area is 112 Å². The van der Waals surface area contributed by atoms with Crippen molar-refractivity contribution in [2.24, 2.45) is 0 Å². The Kier molecular flexibility index (Phi) is 4.42. The lowest BCUT2D eigenvalue weighted by Gasteiger charge is -2.16. The number of nitrogens with one attached hydrogen (secondary N) is 1. The molecule has 1 atom stereocenters. The maximum absolute atomic E-state index is 13.2. The first kappa shape index (κ1) is 14.3. The number of benzene rings is 1. The summed E-state index contributed by atoms with van der Waals surface area (Å²) in [5.41, 5.74) is 0.714. The molecule has 0 saturated carbocycles. The van der Waals surface area contributed by atoms with Gasteiger partial charge >= 0.3 is 0 Å². The summed E-state index contributed by atoms with van der Waals surface area (Å²) in [6, 6.07) is 4.31. The fraction of sp³-hybridized carbons (Fsp3) is 0.538. The molecule has 0 radical (unpaired) electrons. The summed E-state index contributed by atoms with van der Waals surface area (Å²) in [7, 11) is -2.97. The van der Waals surface area contributed by atoms with E-state index in [1.54, 1.807) is 6.07 Å². The van der Waals surface area contributed by atoms with Crippen molar-refractivity contribution in [1.82, 2.24) is 5.32 Å². The molecule has 0 amide bonds. The van der Waals surface area contributed by atoms with Gasteiger partial charge in [0.05, 0.1) is 11.5 Å². The molecule has 1 aromatic carbocycles. The highest BCUT2D eigenvalue weighted by Crippen LogP contribution is 2.24. The van der Waals surface area contributed by atoms with E-state index < -0.39 is 9.84 Å². The van der Waals surface area contributed by atoms with Crippen molar-refractivity contribution < 1.29 is 17.5 Å². The van der Waals surface area contributed by atoms with Crippen LogP contribution in [0, 0.1) is 5.82 Å². The number of sulfone groups is 1. The van der Waals surface area contributed by atoms with Crippen LogP contribution in [0.4, 0.5) is 4.39 Å². The monoisotopic (exact) mass is 287 g/mol. The Bertz CT molecular complexity index is 545. The number of hydrogen-bond donors (Lipinski definition) is 1. The zero-order chi connectivity index (χ0) is 13.9. The lowest BCUT2D eigenvalue weighted by molar-refractivity contribution is 0.226.